The second-order valence-electron chi connectivity index (χ2n) is 4.72. The van der Waals surface area contributed by atoms with E-state index in [1.54, 1.807) is 24.3 Å². The van der Waals surface area contributed by atoms with Gasteiger partial charge in [0.15, 0.2) is 5.78 Å². The Morgan fingerprint density at radius 2 is 1.64 bits per heavy atom. The molecule has 114 valence electrons. The summed E-state index contributed by atoms with van der Waals surface area (Å²) in [7, 11) is 0. The van der Waals surface area contributed by atoms with E-state index >= 15 is 0 Å². The number of rotatable bonds is 6. The van der Waals surface area contributed by atoms with Crippen molar-refractivity contribution in [3.63, 3.8) is 0 Å². The van der Waals surface area contributed by atoms with Crippen molar-refractivity contribution >= 4 is 27.7 Å². The van der Waals surface area contributed by atoms with Crippen LogP contribution < -0.4 is 4.74 Å². The van der Waals surface area contributed by atoms with Crippen LogP contribution in [0.1, 0.15) is 22.8 Å². The summed E-state index contributed by atoms with van der Waals surface area (Å²) in [6.45, 7) is 1.58. The fourth-order valence-corrected chi connectivity index (χ4v) is 1.95. The van der Waals surface area contributed by atoms with Crippen LogP contribution in [0.4, 0.5) is 0 Å². The van der Waals surface area contributed by atoms with E-state index in [4.69, 9.17) is 9.47 Å². The Balaban J connectivity index is 1.90. The minimum Gasteiger partial charge on any atom is -0.489 e. The highest BCUT2D eigenvalue weighted by atomic mass is 79.9. The summed E-state index contributed by atoms with van der Waals surface area (Å²) in [4.78, 5) is 22.4. The standard InChI is InChI=1S/C17H15BrO4/c1-12(19)10-22-17(20)14-4-2-13(3-5-14)11-21-16-8-6-15(18)7-9-16/h2-9H,10-11H2,1H3. The number of halogens is 1. The Morgan fingerprint density at radius 1 is 1.00 bits per heavy atom. The topological polar surface area (TPSA) is 52.6 Å². The van der Waals surface area contributed by atoms with E-state index in [1.165, 1.54) is 6.92 Å². The lowest BCUT2D eigenvalue weighted by molar-refractivity contribution is -0.120. The van der Waals surface area contributed by atoms with Crippen molar-refractivity contribution < 1.29 is 19.1 Å². The molecule has 2 aromatic carbocycles. The Bertz CT molecular complexity index is 647. The van der Waals surface area contributed by atoms with E-state index in [1.807, 2.05) is 24.3 Å². The molecule has 0 saturated heterocycles. The second kappa shape index (κ2) is 7.75. The van der Waals surface area contributed by atoms with Crippen molar-refractivity contribution in [2.45, 2.75) is 13.5 Å². The van der Waals surface area contributed by atoms with Gasteiger partial charge in [0.1, 0.15) is 19.0 Å². The first-order valence-corrected chi connectivity index (χ1v) is 7.48. The van der Waals surface area contributed by atoms with E-state index in [0.717, 1.165) is 15.8 Å². The van der Waals surface area contributed by atoms with Gasteiger partial charge in [0.05, 0.1) is 5.56 Å². The van der Waals surface area contributed by atoms with Crippen molar-refractivity contribution in [2.75, 3.05) is 6.61 Å². The summed E-state index contributed by atoms with van der Waals surface area (Å²) in [5, 5.41) is 0. The highest BCUT2D eigenvalue weighted by Crippen LogP contribution is 2.17. The average Bonchev–Trinajstić information content (AvgIpc) is 2.52. The Morgan fingerprint density at radius 3 is 2.23 bits per heavy atom. The summed E-state index contributed by atoms with van der Waals surface area (Å²) >= 11 is 3.36. The molecule has 0 unspecified atom stereocenters. The van der Waals surface area contributed by atoms with E-state index in [9.17, 15) is 9.59 Å². The summed E-state index contributed by atoms with van der Waals surface area (Å²) < 4.78 is 11.5. The van der Waals surface area contributed by atoms with E-state index in [0.29, 0.717) is 12.2 Å². The van der Waals surface area contributed by atoms with Crippen LogP contribution in [0.15, 0.2) is 53.0 Å². The Hall–Kier alpha value is -2.14. The molecule has 2 aromatic rings. The number of carbonyl (C=O) groups is 2. The van der Waals surface area contributed by atoms with Crippen LogP contribution in [-0.2, 0) is 16.1 Å². The molecule has 5 heteroatoms. The number of carbonyl (C=O) groups excluding carboxylic acids is 2. The lowest BCUT2D eigenvalue weighted by Crippen LogP contribution is -2.11. The number of ketones is 1. The van der Waals surface area contributed by atoms with Crippen molar-refractivity contribution in [3.8, 4) is 5.75 Å². The molecule has 0 aliphatic carbocycles. The summed E-state index contributed by atoms with van der Waals surface area (Å²) in [5.41, 5.74) is 1.35. The van der Waals surface area contributed by atoms with Crippen LogP contribution in [0.3, 0.4) is 0 Å². The third kappa shape index (κ3) is 5.00. The summed E-state index contributed by atoms with van der Waals surface area (Å²) in [6, 6.07) is 14.5. The van der Waals surface area contributed by atoms with Gasteiger partial charge in [0, 0.05) is 4.47 Å². The summed E-state index contributed by atoms with van der Waals surface area (Å²) in [6.07, 6.45) is 0. The maximum atomic E-state index is 11.7. The molecule has 0 fully saturated rings. The molecule has 0 aromatic heterocycles. The van der Waals surface area contributed by atoms with Crippen molar-refractivity contribution in [3.05, 3.63) is 64.1 Å². The van der Waals surface area contributed by atoms with Gasteiger partial charge < -0.3 is 9.47 Å². The quantitative estimate of drug-likeness (QED) is 0.733. The van der Waals surface area contributed by atoms with Gasteiger partial charge in [-0.1, -0.05) is 28.1 Å². The number of esters is 1. The largest absolute Gasteiger partial charge is 0.489 e. The van der Waals surface area contributed by atoms with Crippen LogP contribution in [-0.4, -0.2) is 18.4 Å². The molecule has 0 saturated carbocycles. The molecule has 0 bridgehead atoms. The van der Waals surface area contributed by atoms with Gasteiger partial charge in [-0.15, -0.1) is 0 Å². The first-order chi connectivity index (χ1) is 10.5. The molecule has 0 radical (unpaired) electrons. The predicted octanol–water partition coefficient (Wildman–Crippen LogP) is 3.77. The van der Waals surface area contributed by atoms with Gasteiger partial charge in [-0.3, -0.25) is 4.79 Å². The molecular formula is C17H15BrO4. The third-order valence-electron chi connectivity index (χ3n) is 2.82. The number of hydrogen-bond acceptors (Lipinski definition) is 4. The van der Waals surface area contributed by atoms with E-state index in [2.05, 4.69) is 15.9 Å². The van der Waals surface area contributed by atoms with Gasteiger partial charge in [0.25, 0.3) is 0 Å². The predicted molar refractivity (Wildman–Crippen MR) is 85.9 cm³/mol. The molecule has 0 spiro atoms. The third-order valence-corrected chi connectivity index (χ3v) is 3.34. The monoisotopic (exact) mass is 362 g/mol. The SMILES string of the molecule is CC(=O)COC(=O)c1ccc(COc2ccc(Br)cc2)cc1. The molecule has 2 rings (SSSR count). The highest BCUT2D eigenvalue weighted by Gasteiger charge is 2.08. The van der Waals surface area contributed by atoms with Crippen LogP contribution in [0.2, 0.25) is 0 Å². The van der Waals surface area contributed by atoms with E-state index < -0.39 is 5.97 Å². The fourth-order valence-electron chi connectivity index (χ4n) is 1.69. The van der Waals surface area contributed by atoms with Gasteiger partial charge in [0.2, 0.25) is 0 Å². The first-order valence-electron chi connectivity index (χ1n) is 6.68. The Labute approximate surface area is 137 Å². The second-order valence-corrected chi connectivity index (χ2v) is 5.63. The minimum absolute atomic E-state index is 0.187. The fraction of sp³-hybridized carbons (Fsp3) is 0.176. The smallest absolute Gasteiger partial charge is 0.338 e. The average molecular weight is 363 g/mol. The van der Waals surface area contributed by atoms with Crippen molar-refractivity contribution in [1.82, 2.24) is 0 Å². The highest BCUT2D eigenvalue weighted by molar-refractivity contribution is 9.10. The van der Waals surface area contributed by atoms with Gasteiger partial charge in [-0.25, -0.2) is 4.79 Å². The zero-order valence-electron chi connectivity index (χ0n) is 12.0. The zero-order chi connectivity index (χ0) is 15.9. The molecule has 0 aliphatic rings. The Kier molecular flexibility index (Phi) is 5.72. The van der Waals surface area contributed by atoms with Crippen LogP contribution in [0, 0.1) is 0 Å². The number of hydrogen-bond donors (Lipinski definition) is 0. The molecule has 0 atom stereocenters. The van der Waals surface area contributed by atoms with Gasteiger partial charge in [-0.05, 0) is 48.9 Å². The van der Waals surface area contributed by atoms with Crippen molar-refractivity contribution in [1.29, 1.82) is 0 Å². The number of Topliss-reactive ketones (excluding diaryl/α,β-unsaturated/α-hetero) is 1. The maximum absolute atomic E-state index is 11.7. The van der Waals surface area contributed by atoms with Gasteiger partial charge in [-0.2, -0.15) is 0 Å². The van der Waals surface area contributed by atoms with Crippen LogP contribution in [0.25, 0.3) is 0 Å². The molecule has 22 heavy (non-hydrogen) atoms. The molecule has 0 N–H and O–H groups in total. The molecule has 0 aliphatic heterocycles. The summed E-state index contributed by atoms with van der Waals surface area (Å²) in [5.74, 6) is 0.0802. The molecule has 4 nitrogen and oxygen atoms in total. The normalized spacial score (nSPS) is 10.1. The zero-order valence-corrected chi connectivity index (χ0v) is 13.6. The molecule has 0 heterocycles. The van der Waals surface area contributed by atoms with Crippen LogP contribution in [0.5, 0.6) is 5.75 Å². The molecule has 0 amide bonds. The van der Waals surface area contributed by atoms with E-state index in [-0.39, 0.29) is 12.4 Å². The maximum Gasteiger partial charge on any atom is 0.338 e. The molecular weight excluding hydrogens is 348 g/mol. The number of benzene rings is 2. The van der Waals surface area contributed by atoms with Crippen molar-refractivity contribution in [2.24, 2.45) is 0 Å². The first kappa shape index (κ1) is 16.2. The van der Waals surface area contributed by atoms with Crippen LogP contribution >= 0.6 is 15.9 Å². The lowest BCUT2D eigenvalue weighted by atomic mass is 10.1. The minimum atomic E-state index is -0.504. The van der Waals surface area contributed by atoms with Gasteiger partial charge >= 0.3 is 5.97 Å². The number of ether oxygens (including phenoxy) is 2. The lowest BCUT2D eigenvalue weighted by Gasteiger charge is -2.07.